The lowest BCUT2D eigenvalue weighted by Gasteiger charge is -2.41. The Kier molecular flexibility index (Phi) is 15.4. The first kappa shape index (κ1) is 43.5. The Balaban J connectivity index is 0.000000490. The van der Waals surface area contributed by atoms with Gasteiger partial charge in [-0.25, -0.2) is 4.79 Å². The molecule has 14 heteroatoms. The van der Waals surface area contributed by atoms with Crippen molar-refractivity contribution in [1.82, 2.24) is 0 Å². The van der Waals surface area contributed by atoms with Crippen LogP contribution in [-0.2, 0) is 41.8 Å². The van der Waals surface area contributed by atoms with Crippen LogP contribution < -0.4 is 5.73 Å². The van der Waals surface area contributed by atoms with Crippen molar-refractivity contribution in [2.75, 3.05) is 6.54 Å². The van der Waals surface area contributed by atoms with Gasteiger partial charge < -0.3 is 29.8 Å². The van der Waals surface area contributed by atoms with Crippen molar-refractivity contribution >= 4 is 11.8 Å². The second-order valence-corrected chi connectivity index (χ2v) is 12.7. The summed E-state index contributed by atoms with van der Waals surface area (Å²) in [6, 6.07) is 16.2. The van der Waals surface area contributed by atoms with Gasteiger partial charge in [0.1, 0.15) is 12.2 Å². The van der Waals surface area contributed by atoms with E-state index in [-0.39, 0.29) is 0 Å². The van der Waals surface area contributed by atoms with Gasteiger partial charge in [0.05, 0.1) is 31.0 Å². The van der Waals surface area contributed by atoms with Gasteiger partial charge in [0.2, 0.25) is 0 Å². The Bertz CT molecular complexity index is 1360. The smallest absolute Gasteiger partial charge is 0.431 e. The third-order valence-electron chi connectivity index (χ3n) is 6.57. The number of carboxylic acids is 1. The maximum Gasteiger partial charge on any atom is 0.431 e. The predicted octanol–water partition coefficient (Wildman–Crippen LogP) is 7.36. The Morgan fingerprint density at radius 2 is 1.02 bits per heavy atom. The van der Waals surface area contributed by atoms with Crippen LogP contribution in [0.2, 0.25) is 0 Å². The number of hydrogen-bond donors (Lipinski definition) is 2. The van der Waals surface area contributed by atoms with Crippen molar-refractivity contribution in [2.45, 2.75) is 102 Å². The number of halogens is 6. The van der Waals surface area contributed by atoms with E-state index >= 15 is 0 Å². The molecule has 0 amide bonds. The molecule has 274 valence electrons. The van der Waals surface area contributed by atoms with Gasteiger partial charge in [-0.1, -0.05) is 72.8 Å². The normalized spacial score (nSPS) is 16.2. The van der Waals surface area contributed by atoms with Crippen LogP contribution in [0.5, 0.6) is 0 Å². The molecule has 0 aliphatic heterocycles. The molecular weight excluding hydrogens is 660 g/mol. The summed E-state index contributed by atoms with van der Waals surface area (Å²) in [5.74, 6) is -3.50. The van der Waals surface area contributed by atoms with Crippen molar-refractivity contribution in [1.29, 1.82) is 0 Å². The highest BCUT2D eigenvalue weighted by Gasteiger charge is 2.68. The number of carbonyl (C=O) groups excluding carboxylic acids is 1. The van der Waals surface area contributed by atoms with Crippen LogP contribution in [0.1, 0.15) is 52.7 Å². The van der Waals surface area contributed by atoms with Gasteiger partial charge in [-0.05, 0) is 52.7 Å². The summed E-state index contributed by atoms with van der Waals surface area (Å²) in [4.78, 5) is 23.9. The van der Waals surface area contributed by atoms with Gasteiger partial charge in [-0.3, -0.25) is 4.79 Å². The summed E-state index contributed by atoms with van der Waals surface area (Å²) in [6.45, 7) is 14.2. The van der Waals surface area contributed by atoms with E-state index in [9.17, 15) is 41.0 Å². The monoisotopic (exact) mass is 705 g/mol. The number of rotatable bonds is 15. The Labute approximate surface area is 282 Å². The first-order chi connectivity index (χ1) is 22.4. The van der Waals surface area contributed by atoms with Gasteiger partial charge in [-0.15, -0.1) is 13.2 Å². The van der Waals surface area contributed by atoms with Gasteiger partial charge in [0, 0.05) is 0 Å². The quantitative estimate of drug-likeness (QED) is 0.146. The highest BCUT2D eigenvalue weighted by atomic mass is 19.4. The first-order valence-electron chi connectivity index (χ1n) is 15.0. The average molecular weight is 706 g/mol. The van der Waals surface area contributed by atoms with Crippen LogP contribution >= 0.6 is 0 Å². The molecule has 2 aromatic carbocycles. The second kappa shape index (κ2) is 17.4. The molecule has 2 aromatic rings. The van der Waals surface area contributed by atoms with E-state index in [1.54, 1.807) is 69.3 Å². The predicted molar refractivity (Wildman–Crippen MR) is 171 cm³/mol. The molecule has 0 radical (unpaired) electrons. The molecule has 0 aliphatic rings. The summed E-state index contributed by atoms with van der Waals surface area (Å²) >= 11 is 0. The standard InChI is InChI=1S/C18H24F3NO3.C17H21F3O4/c1-5-15(25-16(2,3)4)17(14(23)11-22,18(19,20)21)24-12-13-9-7-6-8-10-13;1-5-13(24-15(2,3)4)16(14(21)22,17(18,19)20)23-11-12-9-7-6-8-10-12/h5-10,15H,1,11-12,22H2,2-4H3;5-10,13H,1,11H2,2-4H3,(H,21,22). The molecule has 3 N–H and O–H groups in total. The van der Waals surface area contributed by atoms with Crippen LogP contribution in [-0.4, -0.2) is 70.4 Å². The molecule has 4 atom stereocenters. The Morgan fingerprint density at radius 1 is 0.694 bits per heavy atom. The van der Waals surface area contributed by atoms with Gasteiger partial charge in [0.15, 0.2) is 5.78 Å². The number of carboxylic acid groups (broad SMARTS) is 1. The van der Waals surface area contributed by atoms with Gasteiger partial charge >= 0.3 is 18.3 Å². The van der Waals surface area contributed by atoms with E-state index in [2.05, 4.69) is 13.2 Å². The molecule has 0 fully saturated rings. The topological polar surface area (TPSA) is 117 Å². The van der Waals surface area contributed by atoms with E-state index in [1.165, 1.54) is 32.9 Å². The molecule has 8 nitrogen and oxygen atoms in total. The van der Waals surface area contributed by atoms with Crippen LogP contribution in [0, 0.1) is 0 Å². The van der Waals surface area contributed by atoms with Crippen molar-refractivity contribution in [3.8, 4) is 0 Å². The van der Waals surface area contributed by atoms with E-state index in [4.69, 9.17) is 24.7 Å². The summed E-state index contributed by atoms with van der Waals surface area (Å²) < 4.78 is 104. The molecule has 0 heterocycles. The lowest BCUT2D eigenvalue weighted by Crippen LogP contribution is -2.64. The number of carbonyl (C=O) groups is 2. The molecule has 0 aliphatic carbocycles. The average Bonchev–Trinajstić information content (AvgIpc) is 2.98. The number of Topliss-reactive ketones (excluding diaryl/α,β-unsaturated/α-hetero) is 1. The molecule has 49 heavy (non-hydrogen) atoms. The maximum absolute atomic E-state index is 14.0. The highest BCUT2D eigenvalue weighted by Crippen LogP contribution is 2.42. The van der Waals surface area contributed by atoms with Crippen LogP contribution in [0.15, 0.2) is 86.0 Å². The molecule has 4 unspecified atom stereocenters. The molecule has 0 bridgehead atoms. The lowest BCUT2D eigenvalue weighted by molar-refractivity contribution is -0.309. The van der Waals surface area contributed by atoms with Crippen LogP contribution in [0.25, 0.3) is 0 Å². The molecule has 0 saturated heterocycles. The number of ether oxygens (including phenoxy) is 4. The zero-order valence-corrected chi connectivity index (χ0v) is 28.4. The zero-order chi connectivity index (χ0) is 37.9. The first-order valence-corrected chi connectivity index (χ1v) is 15.0. The number of ketones is 1. The number of benzene rings is 2. The van der Waals surface area contributed by atoms with Crippen molar-refractivity contribution < 1.29 is 60.0 Å². The number of aliphatic carboxylic acids is 1. The Morgan fingerprint density at radius 3 is 1.29 bits per heavy atom. The van der Waals surface area contributed by atoms with E-state index < -0.39 is 78.5 Å². The number of alkyl halides is 6. The number of nitrogens with two attached hydrogens (primary N) is 1. The lowest BCUT2D eigenvalue weighted by atomic mass is 9.89. The molecule has 0 aromatic heterocycles. The summed E-state index contributed by atoms with van der Waals surface area (Å²) in [6.07, 6.45) is -12.2. The van der Waals surface area contributed by atoms with E-state index in [0.717, 1.165) is 12.2 Å². The fraction of sp³-hybridized carbons (Fsp3) is 0.486. The molecular formula is C35H45F6NO7. The summed E-state index contributed by atoms with van der Waals surface area (Å²) in [7, 11) is 0. The van der Waals surface area contributed by atoms with Crippen LogP contribution in [0.4, 0.5) is 26.3 Å². The minimum Gasteiger partial charge on any atom is -0.479 e. The summed E-state index contributed by atoms with van der Waals surface area (Å²) in [5.41, 5.74) is -2.62. The Hall–Kier alpha value is -3.56. The third-order valence-corrected chi connectivity index (χ3v) is 6.57. The number of hydrogen-bond acceptors (Lipinski definition) is 7. The second-order valence-electron chi connectivity index (χ2n) is 12.7. The minimum absolute atomic E-state index is 0.408. The highest BCUT2D eigenvalue weighted by molar-refractivity contribution is 5.91. The van der Waals surface area contributed by atoms with Crippen molar-refractivity contribution in [3.63, 3.8) is 0 Å². The molecule has 0 saturated carbocycles. The summed E-state index contributed by atoms with van der Waals surface area (Å²) in [5, 5.41) is 9.36. The fourth-order valence-electron chi connectivity index (χ4n) is 4.40. The van der Waals surface area contributed by atoms with Crippen LogP contribution in [0.3, 0.4) is 0 Å². The SMILES string of the molecule is C=CC(OC(C)(C)C)C(OCc1ccccc1)(C(=O)CN)C(F)(F)F.C=CC(OC(C)(C)C)C(OCc1ccccc1)(C(=O)O)C(F)(F)F. The van der Waals surface area contributed by atoms with Gasteiger partial charge in [0.25, 0.3) is 11.2 Å². The fourth-order valence-corrected chi connectivity index (χ4v) is 4.40. The zero-order valence-electron chi connectivity index (χ0n) is 28.4. The van der Waals surface area contributed by atoms with Crippen molar-refractivity contribution in [3.05, 3.63) is 97.1 Å². The van der Waals surface area contributed by atoms with Gasteiger partial charge in [-0.2, -0.15) is 26.3 Å². The van der Waals surface area contributed by atoms with E-state index in [1.807, 2.05) is 0 Å². The maximum atomic E-state index is 14.0. The van der Waals surface area contributed by atoms with E-state index in [0.29, 0.717) is 11.1 Å². The molecule has 0 spiro atoms. The molecule has 2 rings (SSSR count). The minimum atomic E-state index is -5.21. The largest absolute Gasteiger partial charge is 0.479 e. The third kappa shape index (κ3) is 11.8. The van der Waals surface area contributed by atoms with Crippen molar-refractivity contribution in [2.24, 2.45) is 5.73 Å².